The van der Waals surface area contributed by atoms with Crippen molar-refractivity contribution in [3.05, 3.63) is 0 Å². The highest BCUT2D eigenvalue weighted by Gasteiger charge is 2.69. The fraction of sp³-hybridized carbons (Fsp3) is 0.880. The molecule has 1 amide bonds. The molecule has 5 fully saturated rings. The molecule has 9 atom stereocenters. The monoisotopic (exact) mass is 497 g/mol. The Bertz CT molecular complexity index is 834. The quantitative estimate of drug-likeness (QED) is 0.384. The van der Waals surface area contributed by atoms with Gasteiger partial charge in [-0.25, -0.2) is 14.6 Å². The first-order chi connectivity index (χ1) is 16.4. The number of carboxylic acid groups (broad SMARTS) is 1. The summed E-state index contributed by atoms with van der Waals surface area (Å²) in [5.41, 5.74) is -0.738. The molecule has 10 heteroatoms. The second-order valence-corrected chi connectivity index (χ2v) is 11.4. The van der Waals surface area contributed by atoms with Crippen molar-refractivity contribution in [2.24, 2.45) is 29.6 Å². The van der Waals surface area contributed by atoms with Crippen LogP contribution in [0.1, 0.15) is 79.6 Å². The van der Waals surface area contributed by atoms with E-state index in [4.69, 9.17) is 24.0 Å². The summed E-state index contributed by atoms with van der Waals surface area (Å²) in [7, 11) is 0. The number of rotatable bonds is 8. The molecule has 2 N–H and O–H groups in total. The molecule has 0 aromatic carbocycles. The Hall–Kier alpha value is -1.75. The summed E-state index contributed by atoms with van der Waals surface area (Å²) >= 11 is 0. The molecule has 5 aliphatic rings. The van der Waals surface area contributed by atoms with Crippen LogP contribution in [0, 0.1) is 29.6 Å². The summed E-state index contributed by atoms with van der Waals surface area (Å²) in [5.74, 6) is -2.46. The molecule has 35 heavy (non-hydrogen) atoms. The molecule has 0 aromatic heterocycles. The number of fused-ring (bicyclic) bond motifs is 2. The van der Waals surface area contributed by atoms with Gasteiger partial charge in [-0.3, -0.25) is 9.59 Å². The van der Waals surface area contributed by atoms with Crippen LogP contribution in [0.2, 0.25) is 0 Å². The predicted octanol–water partition coefficient (Wildman–Crippen LogP) is 3.13. The van der Waals surface area contributed by atoms with Crippen LogP contribution >= 0.6 is 0 Å². The second-order valence-electron chi connectivity index (χ2n) is 11.4. The van der Waals surface area contributed by atoms with E-state index < -0.39 is 47.9 Å². The van der Waals surface area contributed by atoms with Crippen molar-refractivity contribution in [3.8, 4) is 0 Å². The van der Waals surface area contributed by atoms with Crippen molar-refractivity contribution in [1.29, 1.82) is 0 Å². The first kappa shape index (κ1) is 26.3. The van der Waals surface area contributed by atoms with Crippen molar-refractivity contribution in [1.82, 2.24) is 5.32 Å². The van der Waals surface area contributed by atoms with E-state index in [9.17, 15) is 19.5 Å². The van der Waals surface area contributed by atoms with Gasteiger partial charge in [-0.15, -0.1) is 0 Å². The number of carbonyl (C=O) groups excluding carboxylic acids is 2. The van der Waals surface area contributed by atoms with E-state index in [-0.39, 0.29) is 36.5 Å². The van der Waals surface area contributed by atoms with Gasteiger partial charge in [0.1, 0.15) is 6.04 Å². The van der Waals surface area contributed by atoms with Crippen molar-refractivity contribution >= 4 is 17.8 Å². The Morgan fingerprint density at radius 3 is 2.51 bits per heavy atom. The number of hydrogen-bond acceptors (Lipinski definition) is 8. The topological polar surface area (TPSA) is 130 Å². The van der Waals surface area contributed by atoms with Crippen LogP contribution in [0.25, 0.3) is 0 Å². The lowest BCUT2D eigenvalue weighted by atomic mass is 9.58. The van der Waals surface area contributed by atoms with Crippen molar-refractivity contribution < 1.29 is 43.5 Å². The zero-order chi connectivity index (χ0) is 25.5. The summed E-state index contributed by atoms with van der Waals surface area (Å²) in [6, 6.07) is -0.982. The number of ether oxygens (including phenoxy) is 3. The molecule has 0 radical (unpaired) electrons. The lowest BCUT2D eigenvalue weighted by molar-refractivity contribution is -0.576. The molecule has 4 heterocycles. The van der Waals surface area contributed by atoms with Gasteiger partial charge in [0.25, 0.3) is 0 Å². The molecular weight excluding hydrogens is 458 g/mol. The molecule has 198 valence electrons. The Morgan fingerprint density at radius 1 is 1.09 bits per heavy atom. The predicted molar refractivity (Wildman–Crippen MR) is 121 cm³/mol. The van der Waals surface area contributed by atoms with Crippen molar-refractivity contribution in [3.63, 3.8) is 0 Å². The van der Waals surface area contributed by atoms with Gasteiger partial charge < -0.3 is 24.6 Å². The number of aliphatic carboxylic acids is 1. The van der Waals surface area contributed by atoms with E-state index in [0.717, 1.165) is 19.3 Å². The highest BCUT2D eigenvalue weighted by atomic mass is 17.3. The van der Waals surface area contributed by atoms with Crippen LogP contribution in [0.4, 0.5) is 0 Å². The van der Waals surface area contributed by atoms with E-state index in [1.807, 2.05) is 27.7 Å². The summed E-state index contributed by atoms with van der Waals surface area (Å²) in [6.07, 6.45) is 1.95. The SMILES string of the molecule is CC(C)C[C@@H](NC(=O)CCC(=O)O[C@@H]1O[C@@H]2O[C@@]3(C)CC[C@H]4[C@H](C)CC[C@@H]([C@H]1C)[C@@]24OO3)C(=O)O. The van der Waals surface area contributed by atoms with Gasteiger partial charge in [-0.2, -0.15) is 0 Å². The van der Waals surface area contributed by atoms with Gasteiger partial charge in [-0.05, 0) is 50.4 Å². The minimum absolute atomic E-state index is 0.0264. The zero-order valence-electron chi connectivity index (χ0n) is 21.3. The molecule has 2 bridgehead atoms. The van der Waals surface area contributed by atoms with Gasteiger partial charge in [0, 0.05) is 24.7 Å². The van der Waals surface area contributed by atoms with Crippen molar-refractivity contribution in [2.45, 2.75) is 110 Å². The third-order valence-electron chi connectivity index (χ3n) is 8.24. The Labute approximate surface area is 206 Å². The third kappa shape index (κ3) is 5.08. The van der Waals surface area contributed by atoms with Crippen LogP contribution in [-0.2, 0) is 38.4 Å². The van der Waals surface area contributed by atoms with E-state index in [1.54, 1.807) is 0 Å². The Balaban J connectivity index is 1.38. The highest BCUT2D eigenvalue weighted by molar-refractivity contribution is 5.85. The number of amides is 1. The van der Waals surface area contributed by atoms with E-state index in [2.05, 4.69) is 12.2 Å². The first-order valence-electron chi connectivity index (χ1n) is 12.9. The normalized spacial score (nSPS) is 41.0. The number of esters is 1. The number of carbonyl (C=O) groups is 3. The summed E-state index contributed by atoms with van der Waals surface area (Å²) in [4.78, 5) is 48.1. The molecule has 1 saturated carbocycles. The second kappa shape index (κ2) is 9.95. The molecule has 0 aromatic rings. The van der Waals surface area contributed by atoms with E-state index in [1.165, 1.54) is 0 Å². The Morgan fingerprint density at radius 2 is 1.83 bits per heavy atom. The lowest BCUT2D eigenvalue weighted by Crippen LogP contribution is -2.70. The van der Waals surface area contributed by atoms with Crippen LogP contribution in [0.5, 0.6) is 0 Å². The van der Waals surface area contributed by atoms with Crippen molar-refractivity contribution in [2.75, 3.05) is 0 Å². The largest absolute Gasteiger partial charge is 0.480 e. The minimum atomic E-state index is -1.09. The maximum Gasteiger partial charge on any atom is 0.326 e. The maximum absolute atomic E-state index is 12.6. The van der Waals surface area contributed by atoms with Crippen LogP contribution in [0.3, 0.4) is 0 Å². The van der Waals surface area contributed by atoms with Crippen LogP contribution in [-0.4, -0.2) is 53.0 Å². The third-order valence-corrected chi connectivity index (χ3v) is 8.24. The molecule has 5 rings (SSSR count). The molecule has 1 spiro atoms. The average molecular weight is 498 g/mol. The number of carboxylic acids is 1. The van der Waals surface area contributed by atoms with Gasteiger partial charge in [-0.1, -0.05) is 27.7 Å². The first-order valence-corrected chi connectivity index (χ1v) is 12.9. The van der Waals surface area contributed by atoms with E-state index >= 15 is 0 Å². The molecule has 0 unspecified atom stereocenters. The van der Waals surface area contributed by atoms with Gasteiger partial charge in [0.2, 0.25) is 18.0 Å². The molecule has 1 aliphatic carbocycles. The summed E-state index contributed by atoms with van der Waals surface area (Å²) in [5, 5.41) is 11.8. The zero-order valence-corrected chi connectivity index (χ0v) is 21.3. The smallest absolute Gasteiger partial charge is 0.326 e. The standard InChI is InChI=1S/C25H39NO9/c1-13(2)12-18(21(29)30)26-19(27)8-9-20(28)31-22-15(4)17-7-6-14(3)16-10-11-24(5)33-23(32-22)25(16,17)35-34-24/h13-18,22-23H,6-12H2,1-5H3,(H,26,27)(H,29,30)/t14-,15-,16+,17+,18-,22-,23-,24-,25-/m1/s1. The minimum Gasteiger partial charge on any atom is -0.480 e. The average Bonchev–Trinajstić information content (AvgIpc) is 3.01. The fourth-order valence-corrected chi connectivity index (χ4v) is 6.37. The maximum atomic E-state index is 12.6. The lowest BCUT2D eigenvalue weighted by Gasteiger charge is -2.59. The van der Waals surface area contributed by atoms with Crippen LogP contribution < -0.4 is 5.32 Å². The summed E-state index contributed by atoms with van der Waals surface area (Å²) in [6.45, 7) is 9.81. The fourth-order valence-electron chi connectivity index (χ4n) is 6.37. The molecular formula is C25H39NO9. The summed E-state index contributed by atoms with van der Waals surface area (Å²) < 4.78 is 18.2. The molecule has 4 saturated heterocycles. The Kier molecular flexibility index (Phi) is 7.48. The molecule has 4 aliphatic heterocycles. The van der Waals surface area contributed by atoms with Crippen LogP contribution in [0.15, 0.2) is 0 Å². The number of nitrogens with one attached hydrogen (secondary N) is 1. The van der Waals surface area contributed by atoms with Gasteiger partial charge in [0.05, 0.1) is 6.42 Å². The molecule has 10 nitrogen and oxygen atoms in total. The van der Waals surface area contributed by atoms with Gasteiger partial charge >= 0.3 is 11.9 Å². The highest BCUT2D eigenvalue weighted by Crippen LogP contribution is 2.60. The number of hydrogen-bond donors (Lipinski definition) is 2. The van der Waals surface area contributed by atoms with Gasteiger partial charge in [0.15, 0.2) is 11.9 Å². The van der Waals surface area contributed by atoms with E-state index in [0.29, 0.717) is 18.8 Å².